The predicted octanol–water partition coefficient (Wildman–Crippen LogP) is 5.78. The first-order valence-corrected chi connectivity index (χ1v) is 10.4. The van der Waals surface area contributed by atoms with Gasteiger partial charge in [-0.2, -0.15) is 0 Å². The van der Waals surface area contributed by atoms with E-state index in [0.29, 0.717) is 29.6 Å². The third-order valence-corrected chi connectivity index (χ3v) is 5.46. The SMILES string of the molecule is Cc1ccc(-c2nc(CSCC(=O)CCCc3ccccc3)c(C)o2)cc1. The number of carbonyl (C=O) groups excluding carboxylic acids is 1. The first kappa shape index (κ1) is 19.4. The maximum Gasteiger partial charge on any atom is 0.226 e. The summed E-state index contributed by atoms with van der Waals surface area (Å²) in [6.45, 7) is 3.99. The Hall–Kier alpha value is -2.33. The number of rotatable bonds is 9. The molecule has 140 valence electrons. The number of hydrogen-bond donors (Lipinski definition) is 0. The van der Waals surface area contributed by atoms with E-state index in [1.54, 1.807) is 11.8 Å². The standard InChI is InChI=1S/C23H25NO2S/c1-17-11-13-20(14-12-17)23-24-22(18(2)26-23)16-27-15-21(25)10-6-9-19-7-4-3-5-8-19/h3-5,7-8,11-14H,6,9-10,15-16H2,1-2H3. The maximum absolute atomic E-state index is 12.1. The van der Waals surface area contributed by atoms with Crippen molar-refractivity contribution in [3.63, 3.8) is 0 Å². The fourth-order valence-electron chi connectivity index (χ4n) is 2.85. The molecule has 0 aliphatic rings. The van der Waals surface area contributed by atoms with Crippen molar-refractivity contribution in [3.8, 4) is 11.5 Å². The van der Waals surface area contributed by atoms with Crippen LogP contribution in [0, 0.1) is 13.8 Å². The molecule has 0 amide bonds. The summed E-state index contributed by atoms with van der Waals surface area (Å²) >= 11 is 1.61. The molecule has 3 rings (SSSR count). The van der Waals surface area contributed by atoms with E-state index in [1.807, 2.05) is 37.3 Å². The highest BCUT2D eigenvalue weighted by molar-refractivity contribution is 7.99. The average molecular weight is 380 g/mol. The fourth-order valence-corrected chi connectivity index (χ4v) is 3.78. The minimum absolute atomic E-state index is 0.302. The average Bonchev–Trinajstić information content (AvgIpc) is 3.04. The van der Waals surface area contributed by atoms with Crippen LogP contribution in [0.15, 0.2) is 59.0 Å². The quantitative estimate of drug-likeness (QED) is 0.472. The molecule has 0 N–H and O–H groups in total. The van der Waals surface area contributed by atoms with E-state index in [9.17, 15) is 4.79 Å². The lowest BCUT2D eigenvalue weighted by Crippen LogP contribution is -2.02. The van der Waals surface area contributed by atoms with Crippen LogP contribution in [0.25, 0.3) is 11.5 Å². The lowest BCUT2D eigenvalue weighted by molar-refractivity contribution is -0.116. The van der Waals surface area contributed by atoms with Crippen LogP contribution in [0.2, 0.25) is 0 Å². The molecule has 1 heterocycles. The van der Waals surface area contributed by atoms with Crippen LogP contribution in [-0.2, 0) is 17.0 Å². The number of hydrogen-bond acceptors (Lipinski definition) is 4. The molecule has 4 heteroatoms. The summed E-state index contributed by atoms with van der Waals surface area (Å²) in [5.74, 6) is 3.01. The number of oxazole rings is 1. The maximum atomic E-state index is 12.1. The second-order valence-corrected chi connectivity index (χ2v) is 7.74. The summed E-state index contributed by atoms with van der Waals surface area (Å²) < 4.78 is 5.80. The summed E-state index contributed by atoms with van der Waals surface area (Å²) in [7, 11) is 0. The van der Waals surface area contributed by atoms with Gasteiger partial charge in [0.25, 0.3) is 0 Å². The molecule has 0 unspecified atom stereocenters. The molecule has 0 atom stereocenters. The van der Waals surface area contributed by atoms with Gasteiger partial charge in [-0.1, -0.05) is 48.0 Å². The second-order valence-electron chi connectivity index (χ2n) is 6.76. The van der Waals surface area contributed by atoms with Crippen molar-refractivity contribution in [2.24, 2.45) is 0 Å². The molecule has 1 aromatic heterocycles. The van der Waals surface area contributed by atoms with Gasteiger partial charge in [0.2, 0.25) is 5.89 Å². The van der Waals surface area contributed by atoms with Gasteiger partial charge in [-0.3, -0.25) is 4.79 Å². The molecule has 0 aliphatic carbocycles. The number of carbonyl (C=O) groups is 1. The van der Waals surface area contributed by atoms with Crippen molar-refractivity contribution >= 4 is 17.5 Å². The van der Waals surface area contributed by atoms with Gasteiger partial charge in [0.1, 0.15) is 11.5 Å². The van der Waals surface area contributed by atoms with Crippen LogP contribution in [0.3, 0.4) is 0 Å². The van der Waals surface area contributed by atoms with Crippen molar-refractivity contribution in [2.75, 3.05) is 5.75 Å². The lowest BCUT2D eigenvalue weighted by Gasteiger charge is -2.02. The molecule has 0 radical (unpaired) electrons. The van der Waals surface area contributed by atoms with Crippen LogP contribution < -0.4 is 0 Å². The normalized spacial score (nSPS) is 10.9. The first-order chi connectivity index (χ1) is 13.1. The van der Waals surface area contributed by atoms with E-state index in [-0.39, 0.29) is 0 Å². The first-order valence-electron chi connectivity index (χ1n) is 9.28. The zero-order chi connectivity index (χ0) is 19.1. The number of thioether (sulfide) groups is 1. The Labute approximate surface area is 165 Å². The molecule has 0 aliphatic heterocycles. The molecule has 3 nitrogen and oxygen atoms in total. The van der Waals surface area contributed by atoms with Crippen molar-refractivity contribution in [1.82, 2.24) is 4.98 Å². The molecule has 0 bridgehead atoms. The molecular formula is C23H25NO2S. The highest BCUT2D eigenvalue weighted by Crippen LogP contribution is 2.24. The van der Waals surface area contributed by atoms with Gasteiger partial charge < -0.3 is 4.42 Å². The second kappa shape index (κ2) is 9.56. The van der Waals surface area contributed by atoms with Crippen molar-refractivity contribution in [3.05, 3.63) is 77.2 Å². The minimum Gasteiger partial charge on any atom is -0.441 e. The summed E-state index contributed by atoms with van der Waals surface area (Å²) in [4.78, 5) is 16.7. The molecular weight excluding hydrogens is 354 g/mol. The molecule has 0 saturated carbocycles. The topological polar surface area (TPSA) is 43.1 Å². The van der Waals surface area contributed by atoms with Crippen molar-refractivity contribution < 1.29 is 9.21 Å². The summed E-state index contributed by atoms with van der Waals surface area (Å²) in [5, 5.41) is 0. The number of benzene rings is 2. The van der Waals surface area contributed by atoms with Crippen LogP contribution >= 0.6 is 11.8 Å². The van der Waals surface area contributed by atoms with E-state index >= 15 is 0 Å². The minimum atomic E-state index is 0.302. The fraction of sp³-hybridized carbons (Fsp3) is 0.304. The number of aryl methyl sites for hydroxylation is 3. The number of aromatic nitrogens is 1. The van der Waals surface area contributed by atoms with Crippen molar-refractivity contribution in [1.29, 1.82) is 0 Å². The van der Waals surface area contributed by atoms with E-state index in [0.717, 1.165) is 29.9 Å². The summed E-state index contributed by atoms with van der Waals surface area (Å²) in [6.07, 6.45) is 2.50. The molecule has 27 heavy (non-hydrogen) atoms. The lowest BCUT2D eigenvalue weighted by atomic mass is 10.1. The smallest absolute Gasteiger partial charge is 0.226 e. The predicted molar refractivity (Wildman–Crippen MR) is 112 cm³/mol. The largest absolute Gasteiger partial charge is 0.441 e. The summed E-state index contributed by atoms with van der Waals surface area (Å²) in [5.41, 5.74) is 4.41. The van der Waals surface area contributed by atoms with E-state index < -0.39 is 0 Å². The van der Waals surface area contributed by atoms with Gasteiger partial charge in [-0.25, -0.2) is 4.98 Å². The van der Waals surface area contributed by atoms with E-state index in [4.69, 9.17) is 4.42 Å². The number of Topliss-reactive ketones (excluding diaryl/α,β-unsaturated/α-hetero) is 1. The molecule has 2 aromatic carbocycles. The molecule has 0 spiro atoms. The van der Waals surface area contributed by atoms with Gasteiger partial charge in [-0.05, 0) is 44.4 Å². The molecule has 3 aromatic rings. The van der Waals surface area contributed by atoms with Crippen LogP contribution in [0.5, 0.6) is 0 Å². The Kier molecular flexibility index (Phi) is 6.88. The zero-order valence-electron chi connectivity index (χ0n) is 15.9. The Morgan fingerprint density at radius 1 is 1.04 bits per heavy atom. The van der Waals surface area contributed by atoms with Gasteiger partial charge in [0.05, 0.1) is 11.4 Å². The third-order valence-electron chi connectivity index (χ3n) is 4.46. The van der Waals surface area contributed by atoms with E-state index in [2.05, 4.69) is 36.2 Å². The zero-order valence-corrected chi connectivity index (χ0v) is 16.7. The van der Waals surface area contributed by atoms with E-state index in [1.165, 1.54) is 11.1 Å². The highest BCUT2D eigenvalue weighted by atomic mass is 32.2. The van der Waals surface area contributed by atoms with Gasteiger partial charge in [-0.15, -0.1) is 11.8 Å². The van der Waals surface area contributed by atoms with Gasteiger partial charge >= 0.3 is 0 Å². The van der Waals surface area contributed by atoms with Gasteiger partial charge in [0, 0.05) is 17.7 Å². The van der Waals surface area contributed by atoms with Crippen LogP contribution in [-0.4, -0.2) is 16.5 Å². The highest BCUT2D eigenvalue weighted by Gasteiger charge is 2.12. The number of nitrogens with zero attached hydrogens (tertiary/aromatic N) is 1. The Morgan fingerprint density at radius 3 is 2.52 bits per heavy atom. The Balaban J connectivity index is 1.43. The van der Waals surface area contributed by atoms with Crippen LogP contribution in [0.4, 0.5) is 0 Å². The Bertz CT molecular complexity index is 869. The van der Waals surface area contributed by atoms with Crippen molar-refractivity contribution in [2.45, 2.75) is 38.9 Å². The number of ketones is 1. The monoisotopic (exact) mass is 379 g/mol. The van der Waals surface area contributed by atoms with Crippen LogP contribution in [0.1, 0.15) is 35.4 Å². The Morgan fingerprint density at radius 2 is 1.78 bits per heavy atom. The molecule has 0 saturated heterocycles. The third kappa shape index (κ3) is 5.83. The van der Waals surface area contributed by atoms with Gasteiger partial charge in [0.15, 0.2) is 0 Å². The summed E-state index contributed by atoms with van der Waals surface area (Å²) in [6, 6.07) is 18.5. The molecule has 0 fully saturated rings.